The van der Waals surface area contributed by atoms with Crippen molar-refractivity contribution in [1.82, 2.24) is 0 Å². The maximum atomic E-state index is 10.1. The summed E-state index contributed by atoms with van der Waals surface area (Å²) in [4.78, 5) is 0. The molecule has 1 aromatic rings. The van der Waals surface area contributed by atoms with E-state index in [1.807, 2.05) is 24.3 Å². The molecule has 0 radical (unpaired) electrons. The fourth-order valence-corrected chi connectivity index (χ4v) is 2.73. The van der Waals surface area contributed by atoms with Gasteiger partial charge in [0.15, 0.2) is 0 Å². The van der Waals surface area contributed by atoms with Gasteiger partial charge in [0, 0.05) is 5.56 Å². The number of hydrogen-bond donors (Lipinski definition) is 1. The first-order valence-electron chi connectivity index (χ1n) is 5.82. The SMILES string of the molecule is C=CC1=C(C=C)c2cccc(O)c2C(C)(C)C1. The average Bonchev–Trinajstić information content (AvgIpc) is 2.27. The van der Waals surface area contributed by atoms with E-state index in [4.69, 9.17) is 0 Å². The fourth-order valence-electron chi connectivity index (χ4n) is 2.73. The number of aromatic hydroxyl groups is 1. The monoisotopic (exact) mass is 226 g/mol. The van der Waals surface area contributed by atoms with Gasteiger partial charge in [-0.2, -0.15) is 0 Å². The Balaban J connectivity index is 2.81. The third-order valence-electron chi connectivity index (χ3n) is 3.44. The van der Waals surface area contributed by atoms with Crippen LogP contribution in [0.25, 0.3) is 5.57 Å². The number of phenolic OH excluding ortho intramolecular Hbond substituents is 1. The highest BCUT2D eigenvalue weighted by atomic mass is 16.3. The van der Waals surface area contributed by atoms with Crippen LogP contribution in [0.4, 0.5) is 0 Å². The molecule has 0 fully saturated rings. The Morgan fingerprint density at radius 2 is 1.94 bits per heavy atom. The van der Waals surface area contributed by atoms with Crippen molar-refractivity contribution in [1.29, 1.82) is 0 Å². The van der Waals surface area contributed by atoms with E-state index >= 15 is 0 Å². The molecule has 1 nitrogen and oxygen atoms in total. The van der Waals surface area contributed by atoms with Gasteiger partial charge in [0.2, 0.25) is 0 Å². The molecule has 0 aliphatic heterocycles. The van der Waals surface area contributed by atoms with Gasteiger partial charge in [0.1, 0.15) is 5.75 Å². The summed E-state index contributed by atoms with van der Waals surface area (Å²) in [6.07, 6.45) is 4.62. The summed E-state index contributed by atoms with van der Waals surface area (Å²) >= 11 is 0. The molecule has 1 aliphatic rings. The van der Waals surface area contributed by atoms with Crippen LogP contribution in [0.5, 0.6) is 5.75 Å². The number of benzene rings is 1. The van der Waals surface area contributed by atoms with Gasteiger partial charge in [-0.3, -0.25) is 0 Å². The number of fused-ring (bicyclic) bond motifs is 1. The smallest absolute Gasteiger partial charge is 0.119 e. The van der Waals surface area contributed by atoms with Gasteiger partial charge in [-0.15, -0.1) is 0 Å². The van der Waals surface area contributed by atoms with Crippen molar-refractivity contribution in [3.05, 3.63) is 60.2 Å². The Hall–Kier alpha value is -1.76. The molecule has 0 amide bonds. The minimum atomic E-state index is -0.0727. The minimum Gasteiger partial charge on any atom is -0.508 e. The number of hydrogen-bond acceptors (Lipinski definition) is 1. The molecule has 1 N–H and O–H groups in total. The van der Waals surface area contributed by atoms with Crippen LogP contribution >= 0.6 is 0 Å². The number of rotatable bonds is 2. The van der Waals surface area contributed by atoms with Crippen LogP contribution in [0.15, 0.2) is 49.1 Å². The fraction of sp³-hybridized carbons (Fsp3) is 0.250. The van der Waals surface area contributed by atoms with E-state index in [1.165, 1.54) is 5.57 Å². The summed E-state index contributed by atoms with van der Waals surface area (Å²) in [5.74, 6) is 0.370. The van der Waals surface area contributed by atoms with Crippen LogP contribution in [-0.4, -0.2) is 5.11 Å². The maximum Gasteiger partial charge on any atom is 0.119 e. The lowest BCUT2D eigenvalue weighted by atomic mass is 9.69. The molecule has 0 saturated heterocycles. The predicted octanol–water partition coefficient (Wildman–Crippen LogP) is 4.20. The van der Waals surface area contributed by atoms with Crippen molar-refractivity contribution in [2.75, 3.05) is 0 Å². The van der Waals surface area contributed by atoms with Crippen molar-refractivity contribution in [2.24, 2.45) is 0 Å². The van der Waals surface area contributed by atoms with E-state index in [1.54, 1.807) is 6.07 Å². The highest BCUT2D eigenvalue weighted by molar-refractivity contribution is 5.83. The minimum absolute atomic E-state index is 0.0727. The van der Waals surface area contributed by atoms with E-state index < -0.39 is 0 Å². The van der Waals surface area contributed by atoms with Crippen molar-refractivity contribution >= 4 is 5.57 Å². The molecule has 0 saturated carbocycles. The average molecular weight is 226 g/mol. The zero-order chi connectivity index (χ0) is 12.6. The van der Waals surface area contributed by atoms with Crippen LogP contribution in [0.3, 0.4) is 0 Å². The van der Waals surface area contributed by atoms with E-state index in [9.17, 15) is 5.11 Å². The van der Waals surface area contributed by atoms with Gasteiger partial charge in [-0.25, -0.2) is 0 Å². The first-order valence-corrected chi connectivity index (χ1v) is 5.82. The quantitative estimate of drug-likeness (QED) is 0.801. The highest BCUT2D eigenvalue weighted by Crippen LogP contribution is 2.46. The highest BCUT2D eigenvalue weighted by Gasteiger charge is 2.32. The normalized spacial score (nSPS) is 17.5. The Labute approximate surface area is 103 Å². The van der Waals surface area contributed by atoms with Crippen LogP contribution in [-0.2, 0) is 5.41 Å². The van der Waals surface area contributed by atoms with Gasteiger partial charge in [0.05, 0.1) is 0 Å². The topological polar surface area (TPSA) is 20.2 Å². The third kappa shape index (κ3) is 1.72. The molecule has 2 rings (SSSR count). The molecule has 0 spiro atoms. The zero-order valence-electron chi connectivity index (χ0n) is 10.5. The van der Waals surface area contributed by atoms with Gasteiger partial charge >= 0.3 is 0 Å². The molecular formula is C16H18O. The summed E-state index contributed by atoms with van der Waals surface area (Å²) in [7, 11) is 0. The van der Waals surface area contributed by atoms with Crippen molar-refractivity contribution < 1.29 is 5.11 Å². The molecule has 0 aromatic heterocycles. The van der Waals surface area contributed by atoms with Gasteiger partial charge in [0.25, 0.3) is 0 Å². The van der Waals surface area contributed by atoms with Crippen LogP contribution in [0, 0.1) is 0 Å². The molecule has 1 heteroatoms. The largest absolute Gasteiger partial charge is 0.508 e. The lowest BCUT2D eigenvalue weighted by molar-refractivity contribution is 0.431. The second kappa shape index (κ2) is 3.92. The summed E-state index contributed by atoms with van der Waals surface area (Å²) in [5.41, 5.74) is 4.30. The first kappa shape index (κ1) is 11.7. The Kier molecular flexibility index (Phi) is 2.70. The van der Waals surface area contributed by atoms with E-state index in [0.717, 1.165) is 23.1 Å². The molecule has 17 heavy (non-hydrogen) atoms. The van der Waals surface area contributed by atoms with E-state index in [0.29, 0.717) is 5.75 Å². The molecule has 0 atom stereocenters. The lowest BCUT2D eigenvalue weighted by Gasteiger charge is -2.34. The molecule has 0 heterocycles. The van der Waals surface area contributed by atoms with Crippen LogP contribution < -0.4 is 0 Å². The Morgan fingerprint density at radius 3 is 2.53 bits per heavy atom. The summed E-state index contributed by atoms with van der Waals surface area (Å²) in [6, 6.07) is 5.66. The standard InChI is InChI=1S/C16H18O/c1-5-11-10-16(3,4)15-13(12(11)6-2)8-7-9-14(15)17/h5-9,17H,1-2,10H2,3-4H3. The molecule has 0 unspecified atom stereocenters. The van der Waals surface area contributed by atoms with E-state index in [-0.39, 0.29) is 5.41 Å². The van der Waals surface area contributed by atoms with Crippen LogP contribution in [0.2, 0.25) is 0 Å². The Bertz CT molecular complexity index is 518. The van der Waals surface area contributed by atoms with Crippen molar-refractivity contribution in [3.63, 3.8) is 0 Å². The predicted molar refractivity (Wildman–Crippen MR) is 73.1 cm³/mol. The number of allylic oxidation sites excluding steroid dienone is 4. The molecule has 1 aromatic carbocycles. The van der Waals surface area contributed by atoms with Crippen molar-refractivity contribution in [3.8, 4) is 5.75 Å². The van der Waals surface area contributed by atoms with Gasteiger partial charge in [-0.1, -0.05) is 51.3 Å². The second-order valence-corrected chi connectivity index (χ2v) is 5.11. The molecule has 0 bridgehead atoms. The second-order valence-electron chi connectivity index (χ2n) is 5.11. The lowest BCUT2D eigenvalue weighted by Crippen LogP contribution is -2.23. The van der Waals surface area contributed by atoms with Gasteiger partial charge < -0.3 is 5.11 Å². The maximum absolute atomic E-state index is 10.1. The molecule has 88 valence electrons. The summed E-state index contributed by atoms with van der Waals surface area (Å²) in [5, 5.41) is 10.1. The first-order chi connectivity index (χ1) is 8.01. The summed E-state index contributed by atoms with van der Waals surface area (Å²) in [6.45, 7) is 12.0. The van der Waals surface area contributed by atoms with E-state index in [2.05, 4.69) is 27.0 Å². The number of phenols is 1. The Morgan fingerprint density at radius 1 is 1.24 bits per heavy atom. The zero-order valence-corrected chi connectivity index (χ0v) is 10.5. The van der Waals surface area contributed by atoms with Crippen molar-refractivity contribution in [2.45, 2.75) is 25.7 Å². The van der Waals surface area contributed by atoms with Gasteiger partial charge in [-0.05, 0) is 34.6 Å². The molecular weight excluding hydrogens is 208 g/mol. The summed E-state index contributed by atoms with van der Waals surface area (Å²) < 4.78 is 0. The third-order valence-corrected chi connectivity index (χ3v) is 3.44. The molecule has 1 aliphatic carbocycles. The van der Waals surface area contributed by atoms with Crippen LogP contribution in [0.1, 0.15) is 31.4 Å².